The van der Waals surface area contributed by atoms with E-state index in [9.17, 15) is 4.39 Å². The molecule has 0 amide bonds. The van der Waals surface area contributed by atoms with E-state index in [1.807, 2.05) is 38.1 Å². The molecule has 4 aromatic rings. The van der Waals surface area contributed by atoms with Gasteiger partial charge in [0.05, 0.1) is 5.52 Å². The van der Waals surface area contributed by atoms with E-state index in [0.29, 0.717) is 35.7 Å². The Morgan fingerprint density at radius 1 is 0.971 bits per heavy atom. The monoisotopic (exact) mass is 489 g/mol. The van der Waals surface area contributed by atoms with Crippen LogP contribution in [0.5, 0.6) is 0 Å². The van der Waals surface area contributed by atoms with Crippen molar-refractivity contribution in [3.05, 3.63) is 53.9 Å². The van der Waals surface area contributed by atoms with Gasteiger partial charge in [0, 0.05) is 46.9 Å². The molecule has 1 saturated carbocycles. The van der Waals surface area contributed by atoms with Crippen molar-refractivity contribution in [1.82, 2.24) is 25.1 Å². The van der Waals surface area contributed by atoms with Crippen LogP contribution in [-0.4, -0.2) is 44.4 Å². The Kier molecular flexibility index (Phi) is 5.80. The number of aromatic nitrogens is 5. The molecule has 1 aliphatic carbocycles. The molecule has 1 aromatic carbocycles. The highest BCUT2D eigenvalue weighted by molar-refractivity contribution is 7.99. The van der Waals surface area contributed by atoms with Gasteiger partial charge in [0.2, 0.25) is 0 Å². The Hall–Kier alpha value is -3.20. The number of H-pyrrole nitrogens is 1. The summed E-state index contributed by atoms with van der Waals surface area (Å²) in [5.41, 5.74) is 2.96. The predicted octanol–water partition coefficient (Wildman–Crippen LogP) is 5.83. The number of nitrogens with zero attached hydrogens (tertiary/aromatic N) is 5. The molecule has 2 fully saturated rings. The summed E-state index contributed by atoms with van der Waals surface area (Å²) in [4.78, 5) is 17.6. The SMILES string of the molecule is Cc1ccc2cc(Sc3nc(Nc4cc(C)[nH]n4)cc(N4CC(C5CCC(F)C5)C4)n3)ccc2n1. The summed E-state index contributed by atoms with van der Waals surface area (Å²) >= 11 is 1.53. The van der Waals surface area contributed by atoms with Crippen LogP contribution in [0.15, 0.2) is 52.5 Å². The molecule has 35 heavy (non-hydrogen) atoms. The smallest absolute Gasteiger partial charge is 0.196 e. The van der Waals surface area contributed by atoms with Crippen LogP contribution >= 0.6 is 11.8 Å². The van der Waals surface area contributed by atoms with Gasteiger partial charge in [-0.05, 0) is 81.0 Å². The van der Waals surface area contributed by atoms with E-state index in [2.05, 4.69) is 43.6 Å². The van der Waals surface area contributed by atoms with Crippen LogP contribution in [0.1, 0.15) is 30.7 Å². The van der Waals surface area contributed by atoms with Crippen LogP contribution in [0.4, 0.5) is 21.8 Å². The lowest BCUT2D eigenvalue weighted by Crippen LogP contribution is -2.50. The fourth-order valence-electron chi connectivity index (χ4n) is 5.06. The molecule has 0 radical (unpaired) electrons. The number of halogens is 1. The summed E-state index contributed by atoms with van der Waals surface area (Å²) < 4.78 is 13.7. The predicted molar refractivity (Wildman–Crippen MR) is 137 cm³/mol. The van der Waals surface area contributed by atoms with Crippen LogP contribution in [0.3, 0.4) is 0 Å². The maximum atomic E-state index is 13.7. The van der Waals surface area contributed by atoms with E-state index >= 15 is 0 Å². The number of fused-ring (bicyclic) bond motifs is 1. The Morgan fingerprint density at radius 2 is 1.86 bits per heavy atom. The molecule has 2 atom stereocenters. The van der Waals surface area contributed by atoms with Gasteiger partial charge in [-0.1, -0.05) is 6.07 Å². The van der Waals surface area contributed by atoms with E-state index in [0.717, 1.165) is 58.3 Å². The topological polar surface area (TPSA) is 82.6 Å². The molecule has 4 heterocycles. The third-order valence-corrected chi connectivity index (χ3v) is 7.83. The third kappa shape index (κ3) is 4.82. The van der Waals surface area contributed by atoms with Gasteiger partial charge in [0.1, 0.15) is 17.8 Å². The highest BCUT2D eigenvalue weighted by Crippen LogP contribution is 2.40. The molecule has 0 bridgehead atoms. The second kappa shape index (κ2) is 9.11. The zero-order valence-corrected chi connectivity index (χ0v) is 20.6. The number of alkyl halides is 1. The summed E-state index contributed by atoms with van der Waals surface area (Å²) in [5.74, 6) is 3.35. The van der Waals surface area contributed by atoms with Crippen molar-refractivity contribution in [2.75, 3.05) is 23.3 Å². The Labute approximate surface area is 208 Å². The minimum absolute atomic E-state index is 0.497. The first-order valence-corrected chi connectivity index (χ1v) is 12.9. The highest BCUT2D eigenvalue weighted by atomic mass is 32.2. The molecule has 2 N–H and O–H groups in total. The Bertz CT molecular complexity index is 1370. The van der Waals surface area contributed by atoms with E-state index in [4.69, 9.17) is 9.97 Å². The molecule has 6 rings (SSSR count). The van der Waals surface area contributed by atoms with Gasteiger partial charge in [0.15, 0.2) is 11.0 Å². The number of hydrogen-bond acceptors (Lipinski definition) is 7. The molecular weight excluding hydrogens is 461 g/mol. The lowest BCUT2D eigenvalue weighted by atomic mass is 9.84. The van der Waals surface area contributed by atoms with Crippen LogP contribution in [0, 0.1) is 25.7 Å². The standard InChI is InChI=1S/C26H28FN7S/c1-15-3-4-18-11-21(7-8-22(18)28-15)35-26-30-23(29-24-9-16(2)32-33-24)12-25(31-26)34-13-19(14-34)17-5-6-20(27)10-17/h3-4,7-9,11-12,17,19-20H,5-6,10,13-14H2,1-2H3,(H2,29,30,31,32,33). The lowest BCUT2D eigenvalue weighted by molar-refractivity contribution is 0.252. The summed E-state index contributed by atoms with van der Waals surface area (Å²) in [5, 5.41) is 12.3. The van der Waals surface area contributed by atoms with Crippen molar-refractivity contribution < 1.29 is 4.39 Å². The molecule has 1 saturated heterocycles. The number of benzene rings is 1. The largest absolute Gasteiger partial charge is 0.356 e. The maximum Gasteiger partial charge on any atom is 0.196 e. The fraction of sp³-hybridized carbons (Fsp3) is 0.385. The van der Waals surface area contributed by atoms with Crippen molar-refractivity contribution >= 4 is 40.1 Å². The van der Waals surface area contributed by atoms with E-state index in [1.165, 1.54) is 11.8 Å². The summed E-state index contributed by atoms with van der Waals surface area (Å²) in [7, 11) is 0. The number of aryl methyl sites for hydroxylation is 2. The summed E-state index contributed by atoms with van der Waals surface area (Å²) in [6.45, 7) is 5.80. The highest BCUT2D eigenvalue weighted by Gasteiger charge is 2.38. The number of aromatic amines is 1. The molecule has 2 unspecified atom stereocenters. The summed E-state index contributed by atoms with van der Waals surface area (Å²) in [6.07, 6.45) is 1.82. The first-order chi connectivity index (χ1) is 17.0. The fourth-order valence-corrected chi connectivity index (χ4v) is 5.87. The van der Waals surface area contributed by atoms with Gasteiger partial charge in [0.25, 0.3) is 0 Å². The Balaban J connectivity index is 1.25. The van der Waals surface area contributed by atoms with Gasteiger partial charge >= 0.3 is 0 Å². The molecule has 9 heteroatoms. The van der Waals surface area contributed by atoms with Crippen molar-refractivity contribution in [3.63, 3.8) is 0 Å². The van der Waals surface area contributed by atoms with Crippen LogP contribution in [0.25, 0.3) is 10.9 Å². The number of anilines is 3. The van der Waals surface area contributed by atoms with Gasteiger partial charge in [-0.3, -0.25) is 10.1 Å². The van der Waals surface area contributed by atoms with Crippen LogP contribution in [-0.2, 0) is 0 Å². The molecule has 180 valence electrons. The quantitative estimate of drug-likeness (QED) is 0.330. The number of rotatable bonds is 6. The third-order valence-electron chi connectivity index (χ3n) is 6.97. The second-order valence-electron chi connectivity index (χ2n) is 9.70. The van der Waals surface area contributed by atoms with Gasteiger partial charge in [-0.25, -0.2) is 14.4 Å². The maximum absolute atomic E-state index is 13.7. The second-order valence-corrected chi connectivity index (χ2v) is 10.7. The van der Waals surface area contributed by atoms with E-state index in [1.54, 1.807) is 0 Å². The van der Waals surface area contributed by atoms with Crippen LogP contribution < -0.4 is 10.2 Å². The summed E-state index contributed by atoms with van der Waals surface area (Å²) in [6, 6.07) is 14.3. The average molecular weight is 490 g/mol. The number of hydrogen-bond donors (Lipinski definition) is 2. The molecule has 0 spiro atoms. The zero-order chi connectivity index (χ0) is 23.9. The lowest BCUT2D eigenvalue weighted by Gasteiger charge is -2.43. The first-order valence-electron chi connectivity index (χ1n) is 12.1. The minimum atomic E-state index is -0.620. The van der Waals surface area contributed by atoms with Crippen molar-refractivity contribution in [2.45, 2.75) is 49.3 Å². The Morgan fingerprint density at radius 3 is 2.63 bits per heavy atom. The number of pyridine rings is 1. The van der Waals surface area contributed by atoms with Crippen molar-refractivity contribution in [3.8, 4) is 0 Å². The number of nitrogens with one attached hydrogen (secondary N) is 2. The molecule has 2 aliphatic rings. The van der Waals surface area contributed by atoms with Gasteiger partial charge in [-0.15, -0.1) is 0 Å². The van der Waals surface area contributed by atoms with Gasteiger partial charge in [-0.2, -0.15) is 5.10 Å². The molecule has 1 aliphatic heterocycles. The average Bonchev–Trinajstić information content (AvgIpc) is 3.40. The van der Waals surface area contributed by atoms with Crippen LogP contribution in [0.2, 0.25) is 0 Å². The molecular formula is C26H28FN7S. The molecule has 7 nitrogen and oxygen atoms in total. The first kappa shape index (κ1) is 22.3. The molecule has 3 aromatic heterocycles. The van der Waals surface area contributed by atoms with E-state index in [-0.39, 0.29) is 0 Å². The zero-order valence-electron chi connectivity index (χ0n) is 19.8. The van der Waals surface area contributed by atoms with Gasteiger partial charge < -0.3 is 10.2 Å². The van der Waals surface area contributed by atoms with Crippen molar-refractivity contribution in [2.24, 2.45) is 11.8 Å². The van der Waals surface area contributed by atoms with E-state index < -0.39 is 6.17 Å². The minimum Gasteiger partial charge on any atom is -0.356 e. The normalized spacial score (nSPS) is 20.4. The van der Waals surface area contributed by atoms with Crippen molar-refractivity contribution in [1.29, 1.82) is 0 Å².